The second-order valence-electron chi connectivity index (χ2n) is 6.67. The molecular weight excluding hydrogens is 334 g/mol. The zero-order valence-corrected chi connectivity index (χ0v) is 15.1. The van der Waals surface area contributed by atoms with Crippen LogP contribution in [0, 0.1) is 0 Å². The molecule has 0 radical (unpaired) electrons. The monoisotopic (exact) mass is 359 g/mol. The van der Waals surface area contributed by atoms with E-state index in [2.05, 4.69) is 15.3 Å². The molecular formula is C19H25N3O4. The second-order valence-corrected chi connectivity index (χ2v) is 6.67. The van der Waals surface area contributed by atoms with Crippen molar-refractivity contribution >= 4 is 16.9 Å². The highest BCUT2D eigenvalue weighted by molar-refractivity contribution is 5.97. The summed E-state index contributed by atoms with van der Waals surface area (Å²) < 4.78 is 11.4. The number of hydrogen-bond donors (Lipinski definition) is 3. The predicted molar refractivity (Wildman–Crippen MR) is 97.9 cm³/mol. The first-order valence-corrected chi connectivity index (χ1v) is 8.80. The molecule has 0 spiro atoms. The van der Waals surface area contributed by atoms with Crippen molar-refractivity contribution in [1.29, 1.82) is 0 Å². The predicted octanol–water partition coefficient (Wildman–Crippen LogP) is 1.93. The second kappa shape index (κ2) is 8.44. The number of carbonyl (C=O) groups is 1. The van der Waals surface area contributed by atoms with Gasteiger partial charge in [-0.25, -0.2) is 4.98 Å². The van der Waals surface area contributed by atoms with Gasteiger partial charge in [0, 0.05) is 12.2 Å². The Morgan fingerprint density at radius 3 is 3.12 bits per heavy atom. The van der Waals surface area contributed by atoms with Gasteiger partial charge in [-0.2, -0.15) is 0 Å². The van der Waals surface area contributed by atoms with Crippen LogP contribution in [-0.4, -0.2) is 52.9 Å². The molecule has 7 nitrogen and oxygen atoms in total. The molecule has 0 unspecified atom stereocenters. The molecule has 1 aliphatic heterocycles. The van der Waals surface area contributed by atoms with Gasteiger partial charge >= 0.3 is 0 Å². The standard InChI is InChI=1S/C19H25N3O4/c1-12(2)5-8-26-17-6-7-25-11-16(17)22-19(24)13-3-4-14-15(9-13)21-18(10-23)20-14/h3-5,9,16-17,23H,6-8,10-11H2,1-2H3,(H,20,21)(H,22,24)/t16-,17+/m1/s1. The first kappa shape index (κ1) is 18.6. The molecule has 26 heavy (non-hydrogen) atoms. The van der Waals surface area contributed by atoms with E-state index < -0.39 is 0 Å². The molecule has 140 valence electrons. The fourth-order valence-corrected chi connectivity index (χ4v) is 2.92. The summed E-state index contributed by atoms with van der Waals surface area (Å²) in [5.41, 5.74) is 3.17. The molecule has 7 heteroatoms. The summed E-state index contributed by atoms with van der Waals surface area (Å²) in [6, 6.07) is 5.04. The summed E-state index contributed by atoms with van der Waals surface area (Å²) in [4.78, 5) is 19.9. The number of aliphatic hydroxyl groups is 1. The first-order chi connectivity index (χ1) is 12.6. The van der Waals surface area contributed by atoms with Crippen LogP contribution in [0.15, 0.2) is 29.8 Å². The Morgan fingerprint density at radius 2 is 2.35 bits per heavy atom. The molecule has 0 saturated carbocycles. The van der Waals surface area contributed by atoms with E-state index in [1.807, 2.05) is 19.9 Å². The summed E-state index contributed by atoms with van der Waals surface area (Å²) in [5, 5.41) is 12.2. The highest BCUT2D eigenvalue weighted by Gasteiger charge is 2.28. The topological polar surface area (TPSA) is 96.5 Å². The lowest BCUT2D eigenvalue weighted by atomic mass is 10.1. The highest BCUT2D eigenvalue weighted by Crippen LogP contribution is 2.16. The Morgan fingerprint density at radius 1 is 1.50 bits per heavy atom. The molecule has 3 N–H and O–H groups in total. The Bertz CT molecular complexity index is 795. The van der Waals surface area contributed by atoms with Gasteiger partial charge in [-0.1, -0.05) is 11.6 Å². The van der Waals surface area contributed by atoms with E-state index >= 15 is 0 Å². The van der Waals surface area contributed by atoms with Crippen LogP contribution in [0.3, 0.4) is 0 Å². The van der Waals surface area contributed by atoms with Crippen LogP contribution in [0.2, 0.25) is 0 Å². The SMILES string of the molecule is CC(C)=CCO[C@H]1CCOC[C@H]1NC(=O)c1ccc2nc(CO)[nH]c2c1. The molecule has 0 aliphatic carbocycles. The van der Waals surface area contributed by atoms with E-state index in [0.717, 1.165) is 17.5 Å². The highest BCUT2D eigenvalue weighted by atomic mass is 16.5. The van der Waals surface area contributed by atoms with E-state index in [1.54, 1.807) is 18.2 Å². The molecule has 1 saturated heterocycles. The van der Waals surface area contributed by atoms with Gasteiger partial charge in [0.2, 0.25) is 0 Å². The van der Waals surface area contributed by atoms with Crippen molar-refractivity contribution in [2.45, 2.75) is 39.0 Å². The van der Waals surface area contributed by atoms with Crippen molar-refractivity contribution in [3.05, 3.63) is 41.2 Å². The summed E-state index contributed by atoms with van der Waals surface area (Å²) in [5.74, 6) is 0.296. The minimum absolute atomic E-state index is 0.0693. The number of hydrogen-bond acceptors (Lipinski definition) is 5. The van der Waals surface area contributed by atoms with Gasteiger partial charge in [-0.15, -0.1) is 0 Å². The molecule has 3 rings (SSSR count). The van der Waals surface area contributed by atoms with Crippen LogP contribution < -0.4 is 5.32 Å². The van der Waals surface area contributed by atoms with Crippen molar-refractivity contribution in [3.8, 4) is 0 Å². The summed E-state index contributed by atoms with van der Waals surface area (Å²) in [6.45, 7) is 5.49. The average Bonchev–Trinajstić information content (AvgIpc) is 3.05. The van der Waals surface area contributed by atoms with E-state index in [9.17, 15) is 4.79 Å². The Labute approximate surface area is 152 Å². The summed E-state index contributed by atoms with van der Waals surface area (Å²) in [7, 11) is 0. The number of benzene rings is 1. The number of nitrogens with one attached hydrogen (secondary N) is 2. The molecule has 1 fully saturated rings. The van der Waals surface area contributed by atoms with Crippen molar-refractivity contribution < 1.29 is 19.4 Å². The number of aliphatic hydroxyl groups excluding tert-OH is 1. The van der Waals surface area contributed by atoms with Crippen LogP contribution in [-0.2, 0) is 16.1 Å². The molecule has 1 aliphatic rings. The molecule has 2 heterocycles. The fraction of sp³-hybridized carbons (Fsp3) is 0.474. The Kier molecular flexibility index (Phi) is 6.03. The summed E-state index contributed by atoms with van der Waals surface area (Å²) in [6.07, 6.45) is 2.71. The van der Waals surface area contributed by atoms with E-state index in [0.29, 0.717) is 31.2 Å². The number of aromatic amines is 1. The quantitative estimate of drug-likeness (QED) is 0.685. The zero-order chi connectivity index (χ0) is 18.5. The molecule has 2 atom stereocenters. The van der Waals surface area contributed by atoms with E-state index in [-0.39, 0.29) is 24.7 Å². The van der Waals surface area contributed by atoms with E-state index in [4.69, 9.17) is 14.6 Å². The van der Waals surface area contributed by atoms with Gasteiger partial charge in [0.15, 0.2) is 0 Å². The lowest BCUT2D eigenvalue weighted by molar-refractivity contribution is -0.0457. The maximum Gasteiger partial charge on any atom is 0.251 e. The van der Waals surface area contributed by atoms with Crippen LogP contribution in [0.5, 0.6) is 0 Å². The van der Waals surface area contributed by atoms with Gasteiger partial charge < -0.3 is 24.9 Å². The summed E-state index contributed by atoms with van der Waals surface area (Å²) >= 11 is 0. The zero-order valence-electron chi connectivity index (χ0n) is 15.1. The van der Waals surface area contributed by atoms with Crippen LogP contribution in [0.25, 0.3) is 11.0 Å². The molecule has 1 aromatic carbocycles. The number of amides is 1. The Hall–Kier alpha value is -2.22. The largest absolute Gasteiger partial charge is 0.388 e. The minimum atomic E-state index is -0.188. The lowest BCUT2D eigenvalue weighted by Gasteiger charge is -2.31. The number of ether oxygens (including phenoxy) is 2. The molecule has 0 bridgehead atoms. The normalized spacial score (nSPS) is 20.1. The number of aromatic nitrogens is 2. The van der Waals surface area contributed by atoms with Gasteiger partial charge in [0.1, 0.15) is 12.4 Å². The molecule has 2 aromatic rings. The number of nitrogens with zero attached hydrogens (tertiary/aromatic N) is 1. The van der Waals surface area contributed by atoms with Crippen LogP contribution >= 0.6 is 0 Å². The smallest absolute Gasteiger partial charge is 0.251 e. The first-order valence-electron chi connectivity index (χ1n) is 8.80. The third-order valence-corrected chi connectivity index (χ3v) is 4.35. The van der Waals surface area contributed by atoms with Crippen LogP contribution in [0.1, 0.15) is 36.5 Å². The number of rotatable bonds is 6. The number of allylic oxidation sites excluding steroid dienone is 1. The fourth-order valence-electron chi connectivity index (χ4n) is 2.92. The minimum Gasteiger partial charge on any atom is -0.388 e. The molecule has 1 amide bonds. The van der Waals surface area contributed by atoms with Crippen molar-refractivity contribution in [2.75, 3.05) is 19.8 Å². The average molecular weight is 359 g/mol. The van der Waals surface area contributed by atoms with Gasteiger partial charge in [-0.05, 0) is 38.5 Å². The Balaban J connectivity index is 1.67. The van der Waals surface area contributed by atoms with Crippen molar-refractivity contribution in [1.82, 2.24) is 15.3 Å². The third-order valence-electron chi connectivity index (χ3n) is 4.35. The maximum absolute atomic E-state index is 12.6. The number of carbonyl (C=O) groups excluding carboxylic acids is 1. The number of H-pyrrole nitrogens is 1. The van der Waals surface area contributed by atoms with Crippen molar-refractivity contribution in [3.63, 3.8) is 0 Å². The van der Waals surface area contributed by atoms with Gasteiger partial charge in [0.25, 0.3) is 5.91 Å². The number of fused-ring (bicyclic) bond motifs is 1. The molecule has 1 aromatic heterocycles. The number of imidazole rings is 1. The third kappa shape index (κ3) is 4.49. The van der Waals surface area contributed by atoms with Crippen LogP contribution in [0.4, 0.5) is 0 Å². The van der Waals surface area contributed by atoms with E-state index in [1.165, 1.54) is 5.57 Å². The van der Waals surface area contributed by atoms with Gasteiger partial charge in [0.05, 0.1) is 36.4 Å². The van der Waals surface area contributed by atoms with Gasteiger partial charge in [-0.3, -0.25) is 4.79 Å². The maximum atomic E-state index is 12.6. The van der Waals surface area contributed by atoms with Crippen molar-refractivity contribution in [2.24, 2.45) is 0 Å². The lowest BCUT2D eigenvalue weighted by Crippen LogP contribution is -2.50.